The molecule has 0 radical (unpaired) electrons. The summed E-state index contributed by atoms with van der Waals surface area (Å²) in [5, 5.41) is 10.7. The molecule has 1 aliphatic heterocycles. The molecule has 3 aromatic rings. The number of aromatic nitrogens is 3. The van der Waals surface area contributed by atoms with Crippen LogP contribution in [0.4, 0.5) is 17.5 Å². The van der Waals surface area contributed by atoms with Gasteiger partial charge in [-0.05, 0) is 61.4 Å². The average molecular weight is 498 g/mol. The van der Waals surface area contributed by atoms with Gasteiger partial charge in [0.15, 0.2) is 5.65 Å². The fourth-order valence-electron chi connectivity index (χ4n) is 4.39. The molecular formula is C24H31N7O3S. The van der Waals surface area contributed by atoms with E-state index < -0.39 is 10.0 Å². The van der Waals surface area contributed by atoms with Crippen molar-refractivity contribution >= 4 is 39.0 Å². The topological polar surface area (TPSA) is 121 Å². The Morgan fingerprint density at radius 3 is 2.49 bits per heavy atom. The Bertz CT molecular complexity index is 1290. The number of anilines is 3. The number of benzene rings is 1. The van der Waals surface area contributed by atoms with Crippen molar-refractivity contribution in [3.8, 4) is 0 Å². The van der Waals surface area contributed by atoms with Gasteiger partial charge in [-0.3, -0.25) is 4.79 Å². The fourth-order valence-corrected chi connectivity index (χ4v) is 5.85. The van der Waals surface area contributed by atoms with E-state index in [4.69, 9.17) is 0 Å². The molecule has 3 heterocycles. The van der Waals surface area contributed by atoms with Crippen LogP contribution in [-0.2, 0) is 20.6 Å². The first kappa shape index (κ1) is 23.6. The smallest absolute Gasteiger partial charge is 0.243 e. The highest BCUT2D eigenvalue weighted by Gasteiger charge is 2.26. The van der Waals surface area contributed by atoms with E-state index >= 15 is 0 Å². The standard InChI is InChI=1S/C24H31N7O3S/c1-17(32)26-20-9-7-19(8-10-20)16-35(33,34)29-21-11-13-30(14-12-21)23-4-2-3-22-27-24(28-31(22)23)25-15-18-5-6-18/h2-4,7-10,18,21,29H,5-6,11-16H2,1H3,(H,25,28)(H,26,32). The average Bonchev–Trinajstić information content (AvgIpc) is 3.55. The van der Waals surface area contributed by atoms with Crippen molar-refractivity contribution in [1.29, 1.82) is 0 Å². The van der Waals surface area contributed by atoms with E-state index in [0.717, 1.165) is 37.0 Å². The van der Waals surface area contributed by atoms with Crippen LogP contribution in [0.1, 0.15) is 38.2 Å². The molecule has 1 aromatic carbocycles. The predicted molar refractivity (Wildman–Crippen MR) is 136 cm³/mol. The van der Waals surface area contributed by atoms with E-state index in [0.29, 0.717) is 30.0 Å². The number of sulfonamides is 1. The highest BCUT2D eigenvalue weighted by atomic mass is 32.2. The van der Waals surface area contributed by atoms with Crippen LogP contribution in [0.5, 0.6) is 0 Å². The molecule has 1 saturated heterocycles. The van der Waals surface area contributed by atoms with E-state index in [1.807, 2.05) is 22.7 Å². The zero-order chi connectivity index (χ0) is 24.4. The molecule has 35 heavy (non-hydrogen) atoms. The monoisotopic (exact) mass is 497 g/mol. The van der Waals surface area contributed by atoms with E-state index in [-0.39, 0.29) is 17.7 Å². The van der Waals surface area contributed by atoms with Gasteiger partial charge in [0.25, 0.3) is 0 Å². The first-order chi connectivity index (χ1) is 16.8. The summed E-state index contributed by atoms with van der Waals surface area (Å²) in [6.07, 6.45) is 3.96. The number of carbonyl (C=O) groups excluding carboxylic acids is 1. The molecule has 186 valence electrons. The Hall–Kier alpha value is -3.18. The third kappa shape index (κ3) is 6.09. The maximum atomic E-state index is 12.7. The number of nitrogens with zero attached hydrogens (tertiary/aromatic N) is 4. The summed E-state index contributed by atoms with van der Waals surface area (Å²) in [4.78, 5) is 18.0. The number of hydrogen-bond acceptors (Lipinski definition) is 7. The Kier molecular flexibility index (Phi) is 6.61. The van der Waals surface area contributed by atoms with Gasteiger partial charge in [0.1, 0.15) is 5.82 Å². The molecule has 2 aromatic heterocycles. The highest BCUT2D eigenvalue weighted by molar-refractivity contribution is 7.88. The molecule has 1 saturated carbocycles. The molecule has 5 rings (SSSR count). The lowest BCUT2D eigenvalue weighted by molar-refractivity contribution is -0.114. The van der Waals surface area contributed by atoms with Gasteiger partial charge in [-0.2, -0.15) is 9.50 Å². The molecule has 0 spiro atoms. The molecule has 2 fully saturated rings. The SMILES string of the molecule is CC(=O)Nc1ccc(CS(=O)(=O)NC2CCN(c3cccc4nc(NCC5CC5)nn34)CC2)cc1. The van der Waals surface area contributed by atoms with Gasteiger partial charge in [0.2, 0.25) is 21.9 Å². The van der Waals surface area contributed by atoms with Crippen molar-refractivity contribution < 1.29 is 13.2 Å². The third-order valence-corrected chi connectivity index (χ3v) is 7.79. The molecule has 1 aliphatic carbocycles. The normalized spacial score (nSPS) is 17.0. The highest BCUT2D eigenvalue weighted by Crippen LogP contribution is 2.29. The van der Waals surface area contributed by atoms with Gasteiger partial charge in [0, 0.05) is 38.3 Å². The van der Waals surface area contributed by atoms with Crippen molar-refractivity contribution in [2.75, 3.05) is 35.2 Å². The Morgan fingerprint density at radius 1 is 1.06 bits per heavy atom. The number of amides is 1. The Labute approximate surface area is 205 Å². The van der Waals surface area contributed by atoms with Crippen molar-refractivity contribution in [3.05, 3.63) is 48.0 Å². The van der Waals surface area contributed by atoms with Gasteiger partial charge >= 0.3 is 0 Å². The Balaban J connectivity index is 1.17. The number of rotatable bonds is 9. The van der Waals surface area contributed by atoms with E-state index in [1.165, 1.54) is 19.8 Å². The first-order valence-electron chi connectivity index (χ1n) is 12.1. The summed E-state index contributed by atoms with van der Waals surface area (Å²) in [6.45, 7) is 3.80. The van der Waals surface area contributed by atoms with Crippen LogP contribution in [0.15, 0.2) is 42.5 Å². The zero-order valence-electron chi connectivity index (χ0n) is 19.8. The maximum Gasteiger partial charge on any atom is 0.243 e. The second-order valence-electron chi connectivity index (χ2n) is 9.43. The number of fused-ring (bicyclic) bond motifs is 1. The summed E-state index contributed by atoms with van der Waals surface area (Å²) < 4.78 is 30.2. The number of pyridine rings is 1. The number of piperidine rings is 1. The van der Waals surface area contributed by atoms with Crippen LogP contribution in [0.3, 0.4) is 0 Å². The van der Waals surface area contributed by atoms with Crippen LogP contribution in [0, 0.1) is 5.92 Å². The zero-order valence-corrected chi connectivity index (χ0v) is 20.6. The summed E-state index contributed by atoms with van der Waals surface area (Å²) in [7, 11) is -3.48. The minimum atomic E-state index is -3.48. The minimum absolute atomic E-state index is 0.0948. The molecule has 0 atom stereocenters. The van der Waals surface area contributed by atoms with Gasteiger partial charge in [0.05, 0.1) is 5.75 Å². The summed E-state index contributed by atoms with van der Waals surface area (Å²) >= 11 is 0. The molecule has 0 bridgehead atoms. The second-order valence-corrected chi connectivity index (χ2v) is 11.2. The van der Waals surface area contributed by atoms with Crippen molar-refractivity contribution in [2.24, 2.45) is 5.92 Å². The molecule has 10 nitrogen and oxygen atoms in total. The van der Waals surface area contributed by atoms with Crippen LogP contribution >= 0.6 is 0 Å². The van der Waals surface area contributed by atoms with Gasteiger partial charge in [-0.1, -0.05) is 18.2 Å². The molecule has 0 unspecified atom stereocenters. The minimum Gasteiger partial charge on any atom is -0.356 e. The second kappa shape index (κ2) is 9.82. The van der Waals surface area contributed by atoms with Crippen LogP contribution in [0.25, 0.3) is 5.65 Å². The van der Waals surface area contributed by atoms with Crippen molar-refractivity contribution in [2.45, 2.75) is 44.4 Å². The van der Waals surface area contributed by atoms with Gasteiger partial charge < -0.3 is 15.5 Å². The van der Waals surface area contributed by atoms with E-state index in [9.17, 15) is 13.2 Å². The molecular weight excluding hydrogens is 466 g/mol. The van der Waals surface area contributed by atoms with E-state index in [2.05, 4.69) is 30.3 Å². The van der Waals surface area contributed by atoms with Crippen LogP contribution in [-0.4, -0.2) is 54.6 Å². The quantitative estimate of drug-likeness (QED) is 0.416. The van der Waals surface area contributed by atoms with E-state index in [1.54, 1.807) is 24.3 Å². The third-order valence-electron chi connectivity index (χ3n) is 6.38. The molecule has 11 heteroatoms. The van der Waals surface area contributed by atoms with Crippen LogP contribution in [0.2, 0.25) is 0 Å². The summed E-state index contributed by atoms with van der Waals surface area (Å²) in [5.74, 6) is 2.10. The Morgan fingerprint density at radius 2 is 1.80 bits per heavy atom. The lowest BCUT2D eigenvalue weighted by atomic mass is 10.1. The van der Waals surface area contributed by atoms with Crippen molar-refractivity contribution in [1.82, 2.24) is 19.3 Å². The van der Waals surface area contributed by atoms with Gasteiger partial charge in [-0.25, -0.2) is 13.1 Å². The summed E-state index contributed by atoms with van der Waals surface area (Å²) in [5.41, 5.74) is 2.12. The number of hydrogen-bond donors (Lipinski definition) is 3. The first-order valence-corrected chi connectivity index (χ1v) is 13.7. The lowest BCUT2D eigenvalue weighted by Crippen LogP contribution is -2.45. The van der Waals surface area contributed by atoms with Gasteiger partial charge in [-0.15, -0.1) is 5.10 Å². The summed E-state index contributed by atoms with van der Waals surface area (Å²) in [6, 6.07) is 12.7. The predicted octanol–water partition coefficient (Wildman–Crippen LogP) is 2.60. The number of nitrogens with one attached hydrogen (secondary N) is 3. The lowest BCUT2D eigenvalue weighted by Gasteiger charge is -2.33. The number of carbonyl (C=O) groups is 1. The maximum absolute atomic E-state index is 12.7. The van der Waals surface area contributed by atoms with Crippen LogP contribution < -0.4 is 20.3 Å². The molecule has 3 N–H and O–H groups in total. The largest absolute Gasteiger partial charge is 0.356 e. The fraction of sp³-hybridized carbons (Fsp3) is 0.458. The molecule has 1 amide bonds. The molecule has 2 aliphatic rings. The van der Waals surface area contributed by atoms with Crippen molar-refractivity contribution in [3.63, 3.8) is 0 Å².